The van der Waals surface area contributed by atoms with E-state index in [1.165, 1.54) is 11.9 Å². The van der Waals surface area contributed by atoms with Crippen LogP contribution >= 0.6 is 11.3 Å². The molecule has 0 radical (unpaired) electrons. The van der Waals surface area contributed by atoms with Crippen molar-refractivity contribution < 1.29 is 19.4 Å². The lowest BCUT2D eigenvalue weighted by Gasteiger charge is -2.25. The maximum atomic E-state index is 12.9. The van der Waals surface area contributed by atoms with Crippen LogP contribution in [-0.4, -0.2) is 41.8 Å². The summed E-state index contributed by atoms with van der Waals surface area (Å²) in [5.74, 6) is -1.12. The number of hydrogen-bond donors (Lipinski definition) is 1. The van der Waals surface area contributed by atoms with E-state index in [0.717, 1.165) is 37.9 Å². The smallest absolute Gasteiger partial charge is 0.410 e. The SMILES string of the molecule is CN(C(=O)OCC1c2ccccc2-c2ccccc21)[C@H](Cc1csc2ccccc12)C(=O)O. The normalized spacial score (nSPS) is 13.4. The van der Waals surface area contributed by atoms with Crippen molar-refractivity contribution in [3.63, 3.8) is 0 Å². The third kappa shape index (κ3) is 3.87. The van der Waals surface area contributed by atoms with Crippen molar-refractivity contribution >= 4 is 33.5 Å². The van der Waals surface area contributed by atoms with Gasteiger partial charge in [0, 0.05) is 24.1 Å². The van der Waals surface area contributed by atoms with Gasteiger partial charge in [-0.2, -0.15) is 0 Å². The fourth-order valence-electron chi connectivity index (χ4n) is 4.61. The minimum atomic E-state index is -1.05. The van der Waals surface area contributed by atoms with Crippen molar-refractivity contribution in [2.45, 2.75) is 18.4 Å². The molecule has 0 unspecified atom stereocenters. The van der Waals surface area contributed by atoms with E-state index in [-0.39, 0.29) is 18.9 Å². The van der Waals surface area contributed by atoms with E-state index in [4.69, 9.17) is 4.74 Å². The Kier molecular flexibility index (Phi) is 5.60. The molecule has 1 atom stereocenters. The summed E-state index contributed by atoms with van der Waals surface area (Å²) in [7, 11) is 1.49. The molecule has 33 heavy (non-hydrogen) atoms. The number of carboxylic acids is 1. The lowest BCUT2D eigenvalue weighted by atomic mass is 9.98. The highest BCUT2D eigenvalue weighted by Gasteiger charge is 2.32. The fraction of sp³-hybridized carbons (Fsp3) is 0.185. The first-order valence-electron chi connectivity index (χ1n) is 10.8. The first kappa shape index (κ1) is 21.2. The summed E-state index contributed by atoms with van der Waals surface area (Å²) >= 11 is 1.57. The fourth-order valence-corrected chi connectivity index (χ4v) is 5.59. The van der Waals surface area contributed by atoms with Crippen LogP contribution in [0.3, 0.4) is 0 Å². The molecule has 0 saturated carbocycles. The summed E-state index contributed by atoms with van der Waals surface area (Å²) in [6.45, 7) is 0.158. The summed E-state index contributed by atoms with van der Waals surface area (Å²) in [6.07, 6.45) is -0.413. The number of carboxylic acid groups (broad SMARTS) is 1. The molecular weight excluding hydrogens is 434 g/mol. The molecule has 5 rings (SSSR count). The zero-order valence-corrected chi connectivity index (χ0v) is 18.9. The maximum absolute atomic E-state index is 12.9. The maximum Gasteiger partial charge on any atom is 0.410 e. The van der Waals surface area contributed by atoms with Gasteiger partial charge >= 0.3 is 12.1 Å². The Bertz CT molecular complexity index is 1300. The van der Waals surface area contributed by atoms with Gasteiger partial charge in [0.25, 0.3) is 0 Å². The molecule has 1 N–H and O–H groups in total. The van der Waals surface area contributed by atoms with Crippen LogP contribution in [0.4, 0.5) is 4.79 Å². The van der Waals surface area contributed by atoms with Gasteiger partial charge < -0.3 is 9.84 Å². The molecular formula is C27H23NO4S. The van der Waals surface area contributed by atoms with Crippen LogP contribution in [0.1, 0.15) is 22.6 Å². The van der Waals surface area contributed by atoms with Gasteiger partial charge in [0.05, 0.1) is 0 Å². The van der Waals surface area contributed by atoms with E-state index < -0.39 is 18.1 Å². The van der Waals surface area contributed by atoms with Crippen molar-refractivity contribution in [1.29, 1.82) is 0 Å². The van der Waals surface area contributed by atoms with E-state index in [1.807, 2.05) is 53.9 Å². The molecule has 6 heteroatoms. The highest BCUT2D eigenvalue weighted by atomic mass is 32.1. The molecule has 3 aromatic carbocycles. The predicted molar refractivity (Wildman–Crippen MR) is 130 cm³/mol. The Hall–Kier alpha value is -3.64. The molecule has 0 saturated heterocycles. The van der Waals surface area contributed by atoms with Crippen molar-refractivity contribution in [2.24, 2.45) is 0 Å². The number of rotatable bonds is 6. The number of thiophene rings is 1. The van der Waals surface area contributed by atoms with E-state index >= 15 is 0 Å². The quantitative estimate of drug-likeness (QED) is 0.399. The molecule has 0 spiro atoms. The summed E-state index contributed by atoms with van der Waals surface area (Å²) < 4.78 is 6.76. The number of carbonyl (C=O) groups excluding carboxylic acids is 1. The standard InChI is InChI=1S/C27H23NO4S/c1-28(24(26(29)30)14-17-16-33-25-13-7-6-8-18(17)25)27(31)32-15-23-21-11-4-2-9-19(21)20-10-3-5-12-22(20)23/h2-13,16,23-24H,14-15H2,1H3,(H,29,30)/t24-/m1/s1. The number of nitrogens with zero attached hydrogens (tertiary/aromatic N) is 1. The average molecular weight is 458 g/mol. The van der Waals surface area contributed by atoms with Crippen LogP contribution in [0.2, 0.25) is 0 Å². The van der Waals surface area contributed by atoms with Crippen LogP contribution in [0.15, 0.2) is 78.2 Å². The molecule has 0 fully saturated rings. The number of amides is 1. The number of benzene rings is 3. The van der Waals surface area contributed by atoms with Gasteiger partial charge in [-0.15, -0.1) is 11.3 Å². The average Bonchev–Trinajstić information content (AvgIpc) is 3.39. The minimum absolute atomic E-state index is 0.0705. The zero-order chi connectivity index (χ0) is 22.9. The Labute approximate surface area is 195 Å². The number of carbonyl (C=O) groups is 2. The second-order valence-corrected chi connectivity index (χ2v) is 9.14. The molecule has 1 heterocycles. The highest BCUT2D eigenvalue weighted by molar-refractivity contribution is 7.17. The van der Waals surface area contributed by atoms with Crippen molar-refractivity contribution in [3.05, 3.63) is 94.9 Å². The van der Waals surface area contributed by atoms with Gasteiger partial charge in [-0.1, -0.05) is 66.7 Å². The van der Waals surface area contributed by atoms with Gasteiger partial charge in [0.15, 0.2) is 0 Å². The first-order valence-corrected chi connectivity index (χ1v) is 11.7. The highest BCUT2D eigenvalue weighted by Crippen LogP contribution is 2.44. The van der Waals surface area contributed by atoms with Crippen LogP contribution in [-0.2, 0) is 16.0 Å². The Morgan fingerprint density at radius 3 is 2.24 bits per heavy atom. The monoisotopic (exact) mass is 457 g/mol. The van der Waals surface area contributed by atoms with E-state index in [2.05, 4.69) is 24.3 Å². The molecule has 4 aromatic rings. The molecule has 1 aromatic heterocycles. The second-order valence-electron chi connectivity index (χ2n) is 8.23. The summed E-state index contributed by atoms with van der Waals surface area (Å²) in [5.41, 5.74) is 5.45. The second kappa shape index (κ2) is 8.71. The zero-order valence-electron chi connectivity index (χ0n) is 18.1. The van der Waals surface area contributed by atoms with Gasteiger partial charge in [-0.25, -0.2) is 9.59 Å². The van der Waals surface area contributed by atoms with Crippen molar-refractivity contribution in [2.75, 3.05) is 13.7 Å². The number of hydrogen-bond acceptors (Lipinski definition) is 4. The molecule has 0 bridgehead atoms. The van der Waals surface area contributed by atoms with Crippen molar-refractivity contribution in [3.8, 4) is 11.1 Å². The predicted octanol–water partition coefficient (Wildman–Crippen LogP) is 5.78. The Morgan fingerprint density at radius 2 is 1.58 bits per heavy atom. The number of ether oxygens (including phenoxy) is 1. The topological polar surface area (TPSA) is 66.8 Å². The van der Waals surface area contributed by atoms with Crippen LogP contribution in [0.25, 0.3) is 21.2 Å². The molecule has 1 aliphatic rings. The van der Waals surface area contributed by atoms with Gasteiger partial charge in [-0.3, -0.25) is 4.90 Å². The van der Waals surface area contributed by atoms with E-state index in [0.29, 0.717) is 0 Å². The van der Waals surface area contributed by atoms with E-state index in [9.17, 15) is 14.7 Å². The summed E-state index contributed by atoms with van der Waals surface area (Å²) in [6, 6.07) is 23.1. The molecule has 0 aliphatic heterocycles. The molecule has 1 amide bonds. The summed E-state index contributed by atoms with van der Waals surface area (Å²) in [4.78, 5) is 26.2. The van der Waals surface area contributed by atoms with Crippen LogP contribution < -0.4 is 0 Å². The third-order valence-corrected chi connectivity index (χ3v) is 7.36. The Balaban J connectivity index is 1.32. The number of aliphatic carboxylic acids is 1. The molecule has 5 nitrogen and oxygen atoms in total. The van der Waals surface area contributed by atoms with Crippen LogP contribution in [0.5, 0.6) is 0 Å². The van der Waals surface area contributed by atoms with Gasteiger partial charge in [0.2, 0.25) is 0 Å². The lowest BCUT2D eigenvalue weighted by molar-refractivity contribution is -0.142. The lowest BCUT2D eigenvalue weighted by Crippen LogP contribution is -2.44. The number of likely N-dealkylation sites (N-methyl/N-ethyl adjacent to an activating group) is 1. The van der Waals surface area contributed by atoms with Gasteiger partial charge in [0.1, 0.15) is 12.6 Å². The first-order chi connectivity index (χ1) is 16.0. The van der Waals surface area contributed by atoms with Crippen LogP contribution in [0, 0.1) is 0 Å². The summed E-state index contributed by atoms with van der Waals surface area (Å²) in [5, 5.41) is 12.8. The molecule has 1 aliphatic carbocycles. The van der Waals surface area contributed by atoms with E-state index in [1.54, 1.807) is 11.3 Å². The largest absolute Gasteiger partial charge is 0.480 e. The minimum Gasteiger partial charge on any atom is -0.480 e. The molecule has 166 valence electrons. The Morgan fingerprint density at radius 1 is 0.970 bits per heavy atom. The van der Waals surface area contributed by atoms with Crippen molar-refractivity contribution in [1.82, 2.24) is 4.90 Å². The van der Waals surface area contributed by atoms with Gasteiger partial charge in [-0.05, 0) is 44.6 Å². The number of fused-ring (bicyclic) bond motifs is 4. The third-order valence-electron chi connectivity index (χ3n) is 6.35.